The van der Waals surface area contributed by atoms with Gasteiger partial charge in [-0.25, -0.2) is 4.99 Å². The number of hydrogen-bond acceptors (Lipinski definition) is 4. The van der Waals surface area contributed by atoms with Gasteiger partial charge in [0.25, 0.3) is 0 Å². The van der Waals surface area contributed by atoms with E-state index in [1.54, 1.807) is 7.11 Å². The molecular weight excluding hydrogens is 394 g/mol. The molecule has 2 aromatic rings. The zero-order valence-corrected chi connectivity index (χ0v) is 18.9. The molecule has 2 aromatic carbocycles. The van der Waals surface area contributed by atoms with Crippen molar-refractivity contribution < 1.29 is 9.53 Å². The molecule has 0 bridgehead atoms. The van der Waals surface area contributed by atoms with Gasteiger partial charge in [0.05, 0.1) is 18.6 Å². The molecule has 0 aromatic heterocycles. The van der Waals surface area contributed by atoms with Gasteiger partial charge in [-0.05, 0) is 55.7 Å². The lowest BCUT2D eigenvalue weighted by molar-refractivity contribution is -0.113. The van der Waals surface area contributed by atoms with E-state index in [-0.39, 0.29) is 5.91 Å². The lowest BCUT2D eigenvalue weighted by Crippen LogP contribution is -2.37. The molecular formula is C24H31N3O2S. The molecule has 0 heterocycles. The number of thioether (sulfide) groups is 1. The van der Waals surface area contributed by atoms with Crippen molar-refractivity contribution in [2.75, 3.05) is 25.2 Å². The smallest absolute Gasteiger partial charge is 0.234 e. The molecule has 30 heavy (non-hydrogen) atoms. The topological polar surface area (TPSA) is 53.9 Å². The minimum Gasteiger partial charge on any atom is -0.497 e. The van der Waals surface area contributed by atoms with E-state index >= 15 is 0 Å². The van der Waals surface area contributed by atoms with Gasteiger partial charge in [0.2, 0.25) is 5.91 Å². The normalized spacial score (nSPS) is 15.0. The summed E-state index contributed by atoms with van der Waals surface area (Å²) in [4.78, 5) is 19.8. The van der Waals surface area contributed by atoms with E-state index in [9.17, 15) is 4.79 Å². The highest BCUT2D eigenvalue weighted by Crippen LogP contribution is 2.26. The number of anilines is 1. The van der Waals surface area contributed by atoms with Crippen molar-refractivity contribution in [1.82, 2.24) is 4.90 Å². The fourth-order valence-corrected chi connectivity index (χ4v) is 4.53. The number of methoxy groups -OCH3 is 1. The van der Waals surface area contributed by atoms with Gasteiger partial charge in [0, 0.05) is 18.8 Å². The molecule has 1 saturated carbocycles. The average molecular weight is 426 g/mol. The molecule has 0 unspecified atom stereocenters. The second-order valence-electron chi connectivity index (χ2n) is 7.65. The fraction of sp³-hybridized carbons (Fsp3) is 0.417. The molecule has 1 fully saturated rings. The van der Waals surface area contributed by atoms with E-state index in [4.69, 9.17) is 9.73 Å². The predicted octanol–water partition coefficient (Wildman–Crippen LogP) is 5.63. The van der Waals surface area contributed by atoms with Crippen LogP contribution in [0.5, 0.6) is 5.75 Å². The monoisotopic (exact) mass is 425 g/mol. The van der Waals surface area contributed by atoms with E-state index in [1.165, 1.54) is 43.9 Å². The van der Waals surface area contributed by atoms with Crippen molar-refractivity contribution in [3.63, 3.8) is 0 Å². The van der Waals surface area contributed by atoms with E-state index in [2.05, 4.69) is 17.3 Å². The summed E-state index contributed by atoms with van der Waals surface area (Å²) in [6, 6.07) is 16.1. The first-order valence-corrected chi connectivity index (χ1v) is 11.5. The number of nitrogens with one attached hydrogen (secondary N) is 1. The zero-order valence-electron chi connectivity index (χ0n) is 18.1. The van der Waals surface area contributed by atoms with Crippen LogP contribution in [0.3, 0.4) is 0 Å². The second-order valence-corrected chi connectivity index (χ2v) is 8.59. The first-order valence-electron chi connectivity index (χ1n) is 10.5. The Bertz CT molecular complexity index is 864. The summed E-state index contributed by atoms with van der Waals surface area (Å²) >= 11 is 1.50. The number of ether oxygens (including phenoxy) is 1. The van der Waals surface area contributed by atoms with Gasteiger partial charge < -0.3 is 15.0 Å². The fourth-order valence-electron chi connectivity index (χ4n) is 3.67. The average Bonchev–Trinajstić information content (AvgIpc) is 2.78. The molecule has 1 aliphatic rings. The lowest BCUT2D eigenvalue weighted by atomic mass is 9.95. The van der Waals surface area contributed by atoms with Crippen LogP contribution < -0.4 is 10.1 Å². The van der Waals surface area contributed by atoms with Crippen LogP contribution in [0.2, 0.25) is 0 Å². The highest BCUT2D eigenvalue weighted by molar-refractivity contribution is 8.14. The maximum atomic E-state index is 12.6. The van der Waals surface area contributed by atoms with Crippen LogP contribution in [0.4, 0.5) is 11.4 Å². The summed E-state index contributed by atoms with van der Waals surface area (Å²) in [6.07, 6.45) is 6.20. The minimum absolute atomic E-state index is 0.0360. The summed E-state index contributed by atoms with van der Waals surface area (Å²) in [7, 11) is 3.75. The van der Waals surface area contributed by atoms with Gasteiger partial charge >= 0.3 is 0 Å². The highest BCUT2D eigenvalue weighted by atomic mass is 32.2. The van der Waals surface area contributed by atoms with Crippen molar-refractivity contribution in [2.45, 2.75) is 45.1 Å². The molecule has 1 amide bonds. The van der Waals surface area contributed by atoms with Gasteiger partial charge in [0.1, 0.15) is 5.75 Å². The van der Waals surface area contributed by atoms with E-state index in [1.807, 2.05) is 55.5 Å². The molecule has 0 radical (unpaired) electrons. The molecule has 1 aliphatic carbocycles. The first-order chi connectivity index (χ1) is 14.6. The maximum Gasteiger partial charge on any atom is 0.234 e. The molecule has 1 N–H and O–H groups in total. The Kier molecular flexibility index (Phi) is 8.20. The summed E-state index contributed by atoms with van der Waals surface area (Å²) in [5.41, 5.74) is 2.70. The third-order valence-corrected chi connectivity index (χ3v) is 6.49. The van der Waals surface area contributed by atoms with E-state index in [0.717, 1.165) is 27.9 Å². The molecule has 0 spiro atoms. The van der Waals surface area contributed by atoms with Crippen molar-refractivity contribution in [1.29, 1.82) is 0 Å². The number of aryl methyl sites for hydroxylation is 1. The number of carbonyl (C=O) groups excluding carboxylic acids is 1. The van der Waals surface area contributed by atoms with E-state index in [0.29, 0.717) is 11.8 Å². The number of carbonyl (C=O) groups is 1. The Morgan fingerprint density at radius 1 is 1.17 bits per heavy atom. The zero-order chi connectivity index (χ0) is 21.3. The third-order valence-electron chi connectivity index (χ3n) is 5.45. The van der Waals surface area contributed by atoms with E-state index < -0.39 is 0 Å². The third kappa shape index (κ3) is 6.26. The van der Waals surface area contributed by atoms with Crippen molar-refractivity contribution in [3.05, 3.63) is 54.1 Å². The van der Waals surface area contributed by atoms with Gasteiger partial charge in [-0.1, -0.05) is 49.2 Å². The molecule has 160 valence electrons. The number of hydrogen-bond donors (Lipinski definition) is 1. The van der Waals surface area contributed by atoms with Gasteiger partial charge in [0.15, 0.2) is 5.17 Å². The lowest BCUT2D eigenvalue weighted by Gasteiger charge is -2.33. The van der Waals surface area contributed by atoms with Crippen LogP contribution >= 0.6 is 11.8 Å². The van der Waals surface area contributed by atoms with Gasteiger partial charge in [-0.2, -0.15) is 0 Å². The van der Waals surface area contributed by atoms with Crippen LogP contribution in [-0.4, -0.2) is 41.9 Å². The number of rotatable bonds is 6. The summed E-state index contributed by atoms with van der Waals surface area (Å²) in [5, 5.41) is 3.91. The number of aliphatic imine (C=N–C) groups is 1. The summed E-state index contributed by atoms with van der Waals surface area (Å²) < 4.78 is 5.24. The Morgan fingerprint density at radius 2 is 1.90 bits per heavy atom. The molecule has 0 atom stereocenters. The number of amidine groups is 1. The van der Waals surface area contributed by atoms with Crippen molar-refractivity contribution in [3.8, 4) is 5.75 Å². The standard InChI is InChI=1S/C24H31N3O2S/c1-18-16-21(29-3)14-15-22(18)26-23(28)17-30-24(25-19-10-6-4-7-11-19)27(2)20-12-8-5-9-13-20/h4,6-7,10-11,14-16,20H,5,8-9,12-13,17H2,1-3H3,(H,26,28). The summed E-state index contributed by atoms with van der Waals surface area (Å²) in [5.74, 6) is 1.06. The second kappa shape index (κ2) is 11.1. The maximum absolute atomic E-state index is 12.6. The quantitative estimate of drug-likeness (QED) is 0.481. The summed E-state index contributed by atoms with van der Waals surface area (Å²) in [6.45, 7) is 1.96. The molecule has 5 nitrogen and oxygen atoms in total. The first kappa shape index (κ1) is 22.2. The Hall–Kier alpha value is -2.47. The minimum atomic E-state index is -0.0360. The Morgan fingerprint density at radius 3 is 2.57 bits per heavy atom. The van der Waals surface area contributed by atoms with Gasteiger partial charge in [-0.3, -0.25) is 4.79 Å². The molecule has 0 saturated heterocycles. The number of amides is 1. The van der Waals surface area contributed by atoms with Crippen LogP contribution in [-0.2, 0) is 4.79 Å². The van der Waals surface area contributed by atoms with Crippen LogP contribution in [0.25, 0.3) is 0 Å². The van der Waals surface area contributed by atoms with Crippen molar-refractivity contribution in [2.24, 2.45) is 4.99 Å². The number of nitrogens with zero attached hydrogens (tertiary/aromatic N) is 2. The van der Waals surface area contributed by atoms with Crippen molar-refractivity contribution >= 4 is 34.2 Å². The van der Waals surface area contributed by atoms with Crippen LogP contribution in [0.15, 0.2) is 53.5 Å². The van der Waals surface area contributed by atoms with Crippen LogP contribution in [0, 0.1) is 6.92 Å². The van der Waals surface area contributed by atoms with Crippen LogP contribution in [0.1, 0.15) is 37.7 Å². The molecule has 3 rings (SSSR count). The SMILES string of the molecule is COc1ccc(NC(=O)CSC(=Nc2ccccc2)N(C)C2CCCCC2)c(C)c1. The largest absolute Gasteiger partial charge is 0.497 e. The molecule has 0 aliphatic heterocycles. The van der Waals surface area contributed by atoms with Gasteiger partial charge in [-0.15, -0.1) is 0 Å². The highest BCUT2D eigenvalue weighted by Gasteiger charge is 2.22. The number of para-hydroxylation sites is 1. The molecule has 6 heteroatoms. The Balaban J connectivity index is 1.68. The predicted molar refractivity (Wildman–Crippen MR) is 127 cm³/mol. The number of benzene rings is 2. The Labute approximate surface area is 183 Å².